The predicted molar refractivity (Wildman–Crippen MR) is 128 cm³/mol. The van der Waals surface area contributed by atoms with Crippen molar-refractivity contribution in [2.45, 2.75) is 52.6 Å². The molecule has 32 heavy (non-hydrogen) atoms. The highest BCUT2D eigenvalue weighted by atomic mass is 16.5. The molecule has 0 bridgehead atoms. The zero-order chi connectivity index (χ0) is 23.1. The Morgan fingerprint density at radius 1 is 1.12 bits per heavy atom. The summed E-state index contributed by atoms with van der Waals surface area (Å²) in [4.78, 5) is 29.0. The van der Waals surface area contributed by atoms with Crippen molar-refractivity contribution >= 4 is 29.1 Å². The van der Waals surface area contributed by atoms with Crippen LogP contribution in [0.15, 0.2) is 47.5 Å². The molecule has 1 aliphatic rings. The number of hydrogen-bond donors (Lipinski definition) is 3. The van der Waals surface area contributed by atoms with Gasteiger partial charge in [0.15, 0.2) is 0 Å². The standard InChI is InChI=1S/C25H32N4O3/c1-16(2)19-9-11-21(12-10-19)28-25(26-15-22-6-5-13-32-22)29-24(31)20-8-7-17(3)23(14-20)27-18(4)30/h7-12,14,16,22H,5-6,13,15H2,1-4H3,(H,27,30)(H2,26,28,29,31)/t22-/m1/s1. The van der Waals surface area contributed by atoms with Crippen molar-refractivity contribution < 1.29 is 14.3 Å². The number of benzene rings is 2. The van der Waals surface area contributed by atoms with Crippen LogP contribution in [-0.2, 0) is 9.53 Å². The Bertz CT molecular complexity index is 977. The fourth-order valence-corrected chi connectivity index (χ4v) is 3.45. The van der Waals surface area contributed by atoms with Crippen LogP contribution < -0.4 is 16.0 Å². The normalized spacial score (nSPS) is 16.2. The molecule has 0 aliphatic carbocycles. The number of nitrogens with one attached hydrogen (secondary N) is 3. The van der Waals surface area contributed by atoms with Crippen molar-refractivity contribution in [1.82, 2.24) is 5.32 Å². The Kier molecular flexibility index (Phi) is 8.00. The lowest BCUT2D eigenvalue weighted by Gasteiger charge is -2.15. The van der Waals surface area contributed by atoms with E-state index >= 15 is 0 Å². The SMILES string of the molecule is CC(=O)Nc1cc(C(=O)NC(=NC[C@H]2CCCO2)Nc2ccc(C(C)C)cc2)ccc1C. The van der Waals surface area contributed by atoms with Crippen LogP contribution in [0.3, 0.4) is 0 Å². The highest BCUT2D eigenvalue weighted by Gasteiger charge is 2.17. The number of rotatable bonds is 6. The molecule has 7 nitrogen and oxygen atoms in total. The Balaban J connectivity index is 1.77. The number of anilines is 2. The molecular weight excluding hydrogens is 404 g/mol. The molecule has 0 saturated carbocycles. The van der Waals surface area contributed by atoms with Crippen molar-refractivity contribution in [2.24, 2.45) is 4.99 Å². The maximum atomic E-state index is 13.0. The molecule has 1 aliphatic heterocycles. The van der Waals surface area contributed by atoms with Gasteiger partial charge >= 0.3 is 0 Å². The van der Waals surface area contributed by atoms with Gasteiger partial charge in [0, 0.05) is 30.5 Å². The topological polar surface area (TPSA) is 91.8 Å². The largest absolute Gasteiger partial charge is 0.376 e. The molecule has 1 atom stereocenters. The van der Waals surface area contributed by atoms with Gasteiger partial charge in [-0.15, -0.1) is 0 Å². The summed E-state index contributed by atoms with van der Waals surface area (Å²) >= 11 is 0. The van der Waals surface area contributed by atoms with Gasteiger partial charge in [0.25, 0.3) is 5.91 Å². The fraction of sp³-hybridized carbons (Fsp3) is 0.400. The van der Waals surface area contributed by atoms with Gasteiger partial charge < -0.3 is 15.4 Å². The minimum atomic E-state index is -0.311. The van der Waals surface area contributed by atoms with Crippen LogP contribution >= 0.6 is 0 Å². The van der Waals surface area contributed by atoms with Gasteiger partial charge in [-0.2, -0.15) is 0 Å². The molecule has 2 amide bonds. The van der Waals surface area contributed by atoms with Gasteiger partial charge in [-0.25, -0.2) is 4.99 Å². The van der Waals surface area contributed by atoms with E-state index in [-0.39, 0.29) is 17.9 Å². The van der Waals surface area contributed by atoms with Gasteiger partial charge in [0.2, 0.25) is 11.9 Å². The summed E-state index contributed by atoms with van der Waals surface area (Å²) < 4.78 is 5.66. The van der Waals surface area contributed by atoms with Crippen LogP contribution in [0.25, 0.3) is 0 Å². The molecule has 0 radical (unpaired) electrons. The van der Waals surface area contributed by atoms with E-state index in [1.807, 2.05) is 19.1 Å². The minimum absolute atomic E-state index is 0.0674. The molecule has 2 aromatic carbocycles. The predicted octanol–water partition coefficient (Wildman–Crippen LogP) is 4.45. The number of amides is 2. The Morgan fingerprint density at radius 3 is 2.50 bits per heavy atom. The number of nitrogens with zero attached hydrogens (tertiary/aromatic N) is 1. The van der Waals surface area contributed by atoms with Crippen molar-refractivity contribution in [3.8, 4) is 0 Å². The van der Waals surface area contributed by atoms with E-state index in [9.17, 15) is 9.59 Å². The van der Waals surface area contributed by atoms with Crippen LogP contribution in [-0.4, -0.2) is 37.0 Å². The Hall–Kier alpha value is -3.19. The van der Waals surface area contributed by atoms with E-state index < -0.39 is 0 Å². The molecule has 1 saturated heterocycles. The van der Waals surface area contributed by atoms with Crippen molar-refractivity contribution in [2.75, 3.05) is 23.8 Å². The average Bonchev–Trinajstić information content (AvgIpc) is 3.27. The van der Waals surface area contributed by atoms with Gasteiger partial charge in [-0.3, -0.25) is 14.9 Å². The smallest absolute Gasteiger partial charge is 0.258 e. The molecule has 3 N–H and O–H groups in total. The molecule has 1 fully saturated rings. The number of guanidine groups is 1. The highest BCUT2D eigenvalue weighted by Crippen LogP contribution is 2.19. The zero-order valence-corrected chi connectivity index (χ0v) is 19.2. The molecule has 3 rings (SSSR count). The second kappa shape index (κ2) is 10.9. The molecule has 0 aromatic heterocycles. The van der Waals surface area contributed by atoms with Crippen LogP contribution in [0.1, 0.15) is 61.0 Å². The molecule has 2 aromatic rings. The lowest BCUT2D eigenvalue weighted by Crippen LogP contribution is -2.36. The Morgan fingerprint density at radius 2 is 1.88 bits per heavy atom. The number of aliphatic imine (C=N–C) groups is 1. The summed E-state index contributed by atoms with van der Waals surface area (Å²) in [6.45, 7) is 8.83. The first-order valence-electron chi connectivity index (χ1n) is 11.0. The second-order valence-corrected chi connectivity index (χ2v) is 8.39. The first kappa shape index (κ1) is 23.5. The van der Waals surface area contributed by atoms with E-state index in [1.54, 1.807) is 18.2 Å². The summed E-state index contributed by atoms with van der Waals surface area (Å²) in [5, 5.41) is 8.85. The molecule has 1 heterocycles. The van der Waals surface area contributed by atoms with E-state index in [0.717, 1.165) is 30.7 Å². The van der Waals surface area contributed by atoms with E-state index in [1.165, 1.54) is 12.5 Å². The number of carbonyl (C=O) groups is 2. The lowest BCUT2D eigenvalue weighted by molar-refractivity contribution is -0.114. The minimum Gasteiger partial charge on any atom is -0.376 e. The van der Waals surface area contributed by atoms with Gasteiger partial charge in [0.05, 0.1) is 12.6 Å². The van der Waals surface area contributed by atoms with Gasteiger partial charge in [0.1, 0.15) is 0 Å². The lowest BCUT2D eigenvalue weighted by atomic mass is 10.0. The third kappa shape index (κ3) is 6.65. The zero-order valence-electron chi connectivity index (χ0n) is 19.2. The van der Waals surface area contributed by atoms with Crippen LogP contribution in [0.4, 0.5) is 11.4 Å². The highest BCUT2D eigenvalue weighted by molar-refractivity contribution is 6.10. The van der Waals surface area contributed by atoms with E-state index in [4.69, 9.17) is 4.74 Å². The summed E-state index contributed by atoms with van der Waals surface area (Å²) in [6, 6.07) is 13.3. The van der Waals surface area contributed by atoms with Gasteiger partial charge in [-0.05, 0) is 61.1 Å². The molecular formula is C25H32N4O3. The van der Waals surface area contributed by atoms with Crippen molar-refractivity contribution in [1.29, 1.82) is 0 Å². The maximum Gasteiger partial charge on any atom is 0.258 e. The van der Waals surface area contributed by atoms with E-state index in [0.29, 0.717) is 29.7 Å². The van der Waals surface area contributed by atoms with Crippen LogP contribution in [0.5, 0.6) is 0 Å². The van der Waals surface area contributed by atoms with Crippen LogP contribution in [0.2, 0.25) is 0 Å². The first-order chi connectivity index (χ1) is 15.3. The van der Waals surface area contributed by atoms with Crippen molar-refractivity contribution in [3.63, 3.8) is 0 Å². The Labute approximate surface area is 189 Å². The number of aryl methyl sites for hydroxylation is 1. The van der Waals surface area contributed by atoms with Crippen LogP contribution in [0, 0.1) is 6.92 Å². The summed E-state index contributed by atoms with van der Waals surface area (Å²) in [5.74, 6) is 0.310. The van der Waals surface area contributed by atoms with E-state index in [2.05, 4.69) is 46.9 Å². The summed E-state index contributed by atoms with van der Waals surface area (Å²) in [7, 11) is 0. The first-order valence-corrected chi connectivity index (χ1v) is 11.0. The summed E-state index contributed by atoms with van der Waals surface area (Å²) in [6.07, 6.45) is 2.06. The number of hydrogen-bond acceptors (Lipinski definition) is 4. The van der Waals surface area contributed by atoms with Gasteiger partial charge in [-0.1, -0.05) is 32.0 Å². The average molecular weight is 437 g/mol. The summed E-state index contributed by atoms with van der Waals surface area (Å²) in [5.41, 5.74) is 4.00. The molecule has 7 heteroatoms. The molecule has 170 valence electrons. The maximum absolute atomic E-state index is 13.0. The monoisotopic (exact) mass is 436 g/mol. The number of carbonyl (C=O) groups excluding carboxylic acids is 2. The molecule has 0 spiro atoms. The number of ether oxygens (including phenoxy) is 1. The molecule has 0 unspecified atom stereocenters. The third-order valence-electron chi connectivity index (χ3n) is 5.36. The fourth-order valence-electron chi connectivity index (χ4n) is 3.45. The third-order valence-corrected chi connectivity index (χ3v) is 5.36. The second-order valence-electron chi connectivity index (χ2n) is 8.39. The van der Waals surface area contributed by atoms with Crippen molar-refractivity contribution in [3.05, 3.63) is 59.2 Å². The quantitative estimate of drug-likeness (QED) is 0.461.